The van der Waals surface area contributed by atoms with Gasteiger partial charge in [0.25, 0.3) is 5.91 Å². The van der Waals surface area contributed by atoms with Crippen molar-refractivity contribution >= 4 is 11.6 Å². The lowest BCUT2D eigenvalue weighted by atomic mass is 10.1. The van der Waals surface area contributed by atoms with E-state index in [9.17, 15) is 9.18 Å². The summed E-state index contributed by atoms with van der Waals surface area (Å²) >= 11 is 0. The van der Waals surface area contributed by atoms with E-state index in [0.717, 1.165) is 0 Å². The van der Waals surface area contributed by atoms with Crippen molar-refractivity contribution < 1.29 is 18.7 Å². The van der Waals surface area contributed by atoms with E-state index in [1.807, 2.05) is 0 Å². The van der Waals surface area contributed by atoms with Crippen LogP contribution in [0.2, 0.25) is 0 Å². The number of benzene rings is 2. The highest BCUT2D eigenvalue weighted by Crippen LogP contribution is 2.26. The molecule has 3 aromatic rings. The molecule has 27 heavy (non-hydrogen) atoms. The third-order valence-electron chi connectivity index (χ3n) is 3.88. The summed E-state index contributed by atoms with van der Waals surface area (Å²) in [5, 5.41) is 2.80. The highest BCUT2D eigenvalue weighted by atomic mass is 19.1. The smallest absolute Gasteiger partial charge is 0.322 e. The third kappa shape index (κ3) is 4.03. The summed E-state index contributed by atoms with van der Waals surface area (Å²) in [5.41, 5.74) is 1.85. The fourth-order valence-corrected chi connectivity index (χ4v) is 2.55. The zero-order chi connectivity index (χ0) is 19.4. The fourth-order valence-electron chi connectivity index (χ4n) is 2.55. The van der Waals surface area contributed by atoms with Gasteiger partial charge in [-0.1, -0.05) is 24.3 Å². The SMILES string of the molecule is COc1ccccc1C(=O)Nc1c(C)nc(Oc2ccccc2F)nc1C. The molecule has 1 N–H and O–H groups in total. The number of ether oxygens (including phenoxy) is 2. The maximum atomic E-state index is 13.7. The maximum Gasteiger partial charge on any atom is 0.322 e. The van der Waals surface area contributed by atoms with Crippen LogP contribution in [-0.4, -0.2) is 23.0 Å². The first-order valence-electron chi connectivity index (χ1n) is 8.21. The van der Waals surface area contributed by atoms with E-state index >= 15 is 0 Å². The summed E-state index contributed by atoms with van der Waals surface area (Å²) < 4.78 is 24.4. The van der Waals surface area contributed by atoms with Crippen molar-refractivity contribution in [3.8, 4) is 17.5 Å². The average Bonchev–Trinajstić information content (AvgIpc) is 2.66. The van der Waals surface area contributed by atoms with Crippen LogP contribution >= 0.6 is 0 Å². The van der Waals surface area contributed by atoms with E-state index in [0.29, 0.717) is 28.4 Å². The highest BCUT2D eigenvalue weighted by Gasteiger charge is 2.17. The van der Waals surface area contributed by atoms with Crippen molar-refractivity contribution in [2.45, 2.75) is 13.8 Å². The number of nitrogens with one attached hydrogen (secondary N) is 1. The highest BCUT2D eigenvalue weighted by molar-refractivity contribution is 6.06. The lowest BCUT2D eigenvalue weighted by molar-refractivity contribution is 0.102. The number of carbonyl (C=O) groups excluding carboxylic acids is 1. The number of rotatable bonds is 5. The topological polar surface area (TPSA) is 73.3 Å². The molecule has 0 unspecified atom stereocenters. The quantitative estimate of drug-likeness (QED) is 0.728. The molecule has 0 aliphatic rings. The number of hydrogen-bond donors (Lipinski definition) is 1. The van der Waals surface area contributed by atoms with E-state index < -0.39 is 5.82 Å². The van der Waals surface area contributed by atoms with Crippen LogP contribution in [0.3, 0.4) is 0 Å². The Hall–Kier alpha value is -3.48. The van der Waals surface area contributed by atoms with Gasteiger partial charge in [0, 0.05) is 0 Å². The Balaban J connectivity index is 1.85. The monoisotopic (exact) mass is 367 g/mol. The number of para-hydroxylation sites is 2. The molecule has 0 atom stereocenters. The Bertz CT molecular complexity index is 969. The fraction of sp³-hybridized carbons (Fsp3) is 0.150. The number of aryl methyl sites for hydroxylation is 2. The van der Waals surface area contributed by atoms with Gasteiger partial charge in [0.05, 0.1) is 29.7 Å². The number of carbonyl (C=O) groups is 1. The van der Waals surface area contributed by atoms with Crippen LogP contribution < -0.4 is 14.8 Å². The second-order valence-electron chi connectivity index (χ2n) is 5.74. The minimum Gasteiger partial charge on any atom is -0.496 e. The standard InChI is InChI=1S/C20H18FN3O3/c1-12-18(24-19(25)14-8-4-6-10-16(14)26-3)13(2)23-20(22-12)27-17-11-7-5-9-15(17)21/h4-11H,1-3H3,(H,24,25). The number of nitrogens with zero attached hydrogens (tertiary/aromatic N) is 2. The molecule has 0 saturated heterocycles. The molecular weight excluding hydrogens is 349 g/mol. The molecule has 3 rings (SSSR count). The van der Waals surface area contributed by atoms with Gasteiger partial charge >= 0.3 is 6.01 Å². The Labute approximate surface area is 156 Å². The van der Waals surface area contributed by atoms with E-state index in [1.54, 1.807) is 50.2 Å². The molecule has 2 aromatic carbocycles. The second kappa shape index (κ2) is 7.82. The number of methoxy groups -OCH3 is 1. The van der Waals surface area contributed by atoms with Crippen molar-refractivity contribution in [2.75, 3.05) is 12.4 Å². The van der Waals surface area contributed by atoms with Gasteiger partial charge in [-0.15, -0.1) is 0 Å². The van der Waals surface area contributed by atoms with Gasteiger partial charge in [-0.3, -0.25) is 4.79 Å². The van der Waals surface area contributed by atoms with Crippen molar-refractivity contribution in [3.05, 3.63) is 71.3 Å². The molecule has 138 valence electrons. The van der Waals surface area contributed by atoms with Gasteiger partial charge in [-0.25, -0.2) is 4.39 Å². The van der Waals surface area contributed by atoms with Crippen molar-refractivity contribution in [1.29, 1.82) is 0 Å². The molecule has 0 aliphatic carbocycles. The number of anilines is 1. The van der Waals surface area contributed by atoms with Crippen LogP contribution in [0, 0.1) is 19.7 Å². The summed E-state index contributed by atoms with van der Waals surface area (Å²) in [4.78, 5) is 21.0. The van der Waals surface area contributed by atoms with Crippen LogP contribution in [0.4, 0.5) is 10.1 Å². The number of aromatic nitrogens is 2. The minimum atomic E-state index is -0.509. The van der Waals surface area contributed by atoms with E-state index in [2.05, 4.69) is 15.3 Å². The normalized spacial score (nSPS) is 10.4. The molecule has 6 nitrogen and oxygen atoms in total. The van der Waals surface area contributed by atoms with E-state index in [-0.39, 0.29) is 17.7 Å². The van der Waals surface area contributed by atoms with Gasteiger partial charge in [-0.05, 0) is 38.1 Å². The number of halogens is 1. The summed E-state index contributed by atoms with van der Waals surface area (Å²) in [6, 6.07) is 12.9. The van der Waals surface area contributed by atoms with Crippen LogP contribution in [0.15, 0.2) is 48.5 Å². The largest absolute Gasteiger partial charge is 0.496 e. The Morgan fingerprint density at radius 3 is 2.19 bits per heavy atom. The molecule has 1 amide bonds. The molecule has 0 saturated carbocycles. The second-order valence-corrected chi connectivity index (χ2v) is 5.74. The first-order valence-corrected chi connectivity index (χ1v) is 8.21. The molecule has 7 heteroatoms. The van der Waals surface area contributed by atoms with Crippen molar-refractivity contribution in [3.63, 3.8) is 0 Å². The summed E-state index contributed by atoms with van der Waals surface area (Å²) in [7, 11) is 1.50. The Morgan fingerprint density at radius 1 is 0.963 bits per heavy atom. The molecule has 0 bridgehead atoms. The molecule has 0 aliphatic heterocycles. The summed E-state index contributed by atoms with van der Waals surface area (Å²) in [6.45, 7) is 3.42. The first-order chi connectivity index (χ1) is 13.0. The predicted octanol–water partition coefficient (Wildman–Crippen LogP) is 4.29. The molecule has 0 fully saturated rings. The molecule has 0 spiro atoms. The minimum absolute atomic E-state index is 0.00499. The maximum absolute atomic E-state index is 13.7. The first kappa shape index (κ1) is 18.3. The van der Waals surface area contributed by atoms with Crippen molar-refractivity contribution in [1.82, 2.24) is 9.97 Å². The molecule has 1 heterocycles. The third-order valence-corrected chi connectivity index (χ3v) is 3.88. The Kier molecular flexibility index (Phi) is 5.30. The number of hydrogen-bond acceptors (Lipinski definition) is 5. The van der Waals surface area contributed by atoms with Crippen LogP contribution in [0.1, 0.15) is 21.7 Å². The van der Waals surface area contributed by atoms with E-state index in [1.165, 1.54) is 19.2 Å². The summed E-state index contributed by atoms with van der Waals surface area (Å²) in [6.07, 6.45) is 0. The number of amides is 1. The van der Waals surface area contributed by atoms with Crippen molar-refractivity contribution in [2.24, 2.45) is 0 Å². The average molecular weight is 367 g/mol. The lowest BCUT2D eigenvalue weighted by Gasteiger charge is -2.13. The van der Waals surface area contributed by atoms with Crippen LogP contribution in [0.5, 0.6) is 17.5 Å². The Morgan fingerprint density at radius 2 is 1.56 bits per heavy atom. The van der Waals surface area contributed by atoms with Crippen LogP contribution in [0.25, 0.3) is 0 Å². The molecule has 1 aromatic heterocycles. The molecular formula is C20H18FN3O3. The predicted molar refractivity (Wildman–Crippen MR) is 98.9 cm³/mol. The van der Waals surface area contributed by atoms with Gasteiger partial charge in [-0.2, -0.15) is 9.97 Å². The molecule has 0 radical (unpaired) electrons. The zero-order valence-corrected chi connectivity index (χ0v) is 15.1. The van der Waals surface area contributed by atoms with Gasteiger partial charge in [0.2, 0.25) is 0 Å². The summed E-state index contributed by atoms with van der Waals surface area (Å²) in [5.74, 6) is -0.359. The zero-order valence-electron chi connectivity index (χ0n) is 15.1. The van der Waals surface area contributed by atoms with E-state index in [4.69, 9.17) is 9.47 Å². The van der Waals surface area contributed by atoms with Gasteiger partial charge in [0.15, 0.2) is 11.6 Å². The van der Waals surface area contributed by atoms with Gasteiger partial charge in [0.1, 0.15) is 5.75 Å². The lowest BCUT2D eigenvalue weighted by Crippen LogP contribution is -2.16. The van der Waals surface area contributed by atoms with Crippen LogP contribution in [-0.2, 0) is 0 Å². The van der Waals surface area contributed by atoms with Gasteiger partial charge < -0.3 is 14.8 Å².